The van der Waals surface area contributed by atoms with Gasteiger partial charge >= 0.3 is 0 Å². The molecule has 0 radical (unpaired) electrons. The zero-order valence-corrected chi connectivity index (χ0v) is 22.1. The Hall–Kier alpha value is -3.01. The van der Waals surface area contributed by atoms with Gasteiger partial charge in [0.2, 0.25) is 0 Å². The average Bonchev–Trinajstić information content (AvgIpc) is 2.95. The van der Waals surface area contributed by atoms with E-state index in [4.69, 9.17) is 25.8 Å². The maximum Gasteiger partial charge on any atom is 0.162 e. The van der Waals surface area contributed by atoms with Crippen LogP contribution < -0.4 is 20.1 Å². The average molecular weight is 543 g/mol. The zero-order valence-electron chi connectivity index (χ0n) is 21.3. The molecule has 3 aromatic rings. The van der Waals surface area contributed by atoms with Crippen molar-refractivity contribution in [2.75, 3.05) is 32.2 Å². The van der Waals surface area contributed by atoms with E-state index in [9.17, 15) is 9.18 Å². The van der Waals surface area contributed by atoms with Crippen LogP contribution in [0.5, 0.6) is 11.5 Å². The summed E-state index contributed by atoms with van der Waals surface area (Å²) in [6, 6.07) is 8.42. The summed E-state index contributed by atoms with van der Waals surface area (Å²) in [6.07, 6.45) is 6.75. The van der Waals surface area contributed by atoms with E-state index in [1.165, 1.54) is 18.5 Å². The zero-order chi connectivity index (χ0) is 26.5. The highest BCUT2D eigenvalue weighted by Gasteiger charge is 2.26. The van der Waals surface area contributed by atoms with Gasteiger partial charge in [-0.25, -0.2) is 14.4 Å². The van der Waals surface area contributed by atoms with Gasteiger partial charge in [-0.05, 0) is 62.8 Å². The van der Waals surface area contributed by atoms with Gasteiger partial charge in [0.1, 0.15) is 23.7 Å². The predicted molar refractivity (Wildman–Crippen MR) is 144 cm³/mol. The minimum Gasteiger partial charge on any atom is -0.493 e. The van der Waals surface area contributed by atoms with E-state index in [0.29, 0.717) is 60.1 Å². The van der Waals surface area contributed by atoms with Crippen molar-refractivity contribution in [3.8, 4) is 11.5 Å². The number of Topliss-reactive ketones (excluding diaryl/α,β-unsaturated/α-hetero) is 1. The number of hydrogen-bond donors (Lipinski definition) is 2. The van der Waals surface area contributed by atoms with E-state index >= 15 is 0 Å². The van der Waals surface area contributed by atoms with E-state index in [1.54, 1.807) is 13.2 Å². The molecular weight excluding hydrogens is 511 g/mol. The first kappa shape index (κ1) is 26.6. The monoisotopic (exact) mass is 542 g/mol. The number of ether oxygens (including phenoxy) is 3. The minimum absolute atomic E-state index is 0.0251. The second-order valence-corrected chi connectivity index (χ2v) is 10.2. The molecule has 10 heteroatoms. The van der Waals surface area contributed by atoms with Crippen molar-refractivity contribution < 1.29 is 23.4 Å². The van der Waals surface area contributed by atoms with Crippen molar-refractivity contribution in [2.24, 2.45) is 5.92 Å². The van der Waals surface area contributed by atoms with Gasteiger partial charge in [-0.3, -0.25) is 4.79 Å². The van der Waals surface area contributed by atoms with E-state index in [2.05, 4.69) is 20.6 Å². The first-order valence-corrected chi connectivity index (χ1v) is 13.4. The summed E-state index contributed by atoms with van der Waals surface area (Å²) in [7, 11) is 1.60. The van der Waals surface area contributed by atoms with E-state index in [1.807, 2.05) is 12.1 Å². The van der Waals surface area contributed by atoms with Crippen LogP contribution >= 0.6 is 11.6 Å². The van der Waals surface area contributed by atoms with Gasteiger partial charge in [-0.2, -0.15) is 0 Å². The molecule has 5 rings (SSSR count). The molecule has 2 aliphatic rings. The number of carbonyl (C=O) groups excluding carboxylic acids is 1. The molecular formula is C28H32ClFN4O4. The Balaban J connectivity index is 1.23. The second kappa shape index (κ2) is 12.2. The highest BCUT2D eigenvalue weighted by molar-refractivity contribution is 6.31. The van der Waals surface area contributed by atoms with Crippen LogP contribution in [0, 0.1) is 11.7 Å². The Morgan fingerprint density at radius 3 is 2.61 bits per heavy atom. The molecule has 2 aromatic carbocycles. The van der Waals surface area contributed by atoms with Crippen molar-refractivity contribution in [2.45, 2.75) is 50.7 Å². The van der Waals surface area contributed by atoms with Crippen LogP contribution in [0.25, 0.3) is 10.9 Å². The molecule has 1 saturated heterocycles. The highest BCUT2D eigenvalue weighted by atomic mass is 35.5. The summed E-state index contributed by atoms with van der Waals surface area (Å²) in [5, 5.41) is 7.42. The molecule has 0 amide bonds. The van der Waals surface area contributed by atoms with Crippen LogP contribution in [0.4, 0.5) is 15.9 Å². The van der Waals surface area contributed by atoms with Gasteiger partial charge in [0.15, 0.2) is 11.5 Å². The number of fused-ring (bicyclic) bond motifs is 1. The van der Waals surface area contributed by atoms with Crippen LogP contribution in [0.1, 0.15) is 38.5 Å². The first-order valence-electron chi connectivity index (χ1n) is 13.1. The summed E-state index contributed by atoms with van der Waals surface area (Å²) < 4.78 is 31.0. The number of rotatable bonds is 9. The lowest BCUT2D eigenvalue weighted by Gasteiger charge is -2.30. The smallest absolute Gasteiger partial charge is 0.162 e. The molecule has 1 aliphatic carbocycles. The molecule has 202 valence electrons. The number of aromatic nitrogens is 2. The fourth-order valence-corrected chi connectivity index (χ4v) is 5.28. The maximum absolute atomic E-state index is 13.6. The third kappa shape index (κ3) is 6.34. The normalized spacial score (nSPS) is 20.3. The molecule has 2 heterocycles. The second-order valence-electron chi connectivity index (χ2n) is 9.82. The summed E-state index contributed by atoms with van der Waals surface area (Å²) >= 11 is 5.94. The fourth-order valence-electron chi connectivity index (χ4n) is 5.10. The van der Waals surface area contributed by atoms with Crippen LogP contribution in [0.3, 0.4) is 0 Å². The summed E-state index contributed by atoms with van der Waals surface area (Å²) in [5.74, 6) is 1.69. The molecule has 0 spiro atoms. The minimum atomic E-state index is -0.485. The molecule has 0 bridgehead atoms. The molecule has 38 heavy (non-hydrogen) atoms. The first-order chi connectivity index (χ1) is 18.5. The number of anilines is 2. The SMILES string of the molecule is COc1cc2ncnc(Nc3ccc(F)c(Cl)c3)c2cc1OC1CCC(NCC(=O)C2CCOCC2)CC1. The Kier molecular flexibility index (Phi) is 8.56. The van der Waals surface area contributed by atoms with Crippen molar-refractivity contribution >= 4 is 39.8 Å². The number of carbonyl (C=O) groups is 1. The highest BCUT2D eigenvalue weighted by Crippen LogP contribution is 2.37. The summed E-state index contributed by atoms with van der Waals surface area (Å²) in [4.78, 5) is 21.3. The Labute approximate surface area is 226 Å². The molecule has 8 nitrogen and oxygen atoms in total. The van der Waals surface area contributed by atoms with Crippen molar-refractivity contribution in [3.05, 3.63) is 47.5 Å². The fraction of sp³-hybridized carbons (Fsp3) is 0.464. The van der Waals surface area contributed by atoms with Gasteiger partial charge in [0.05, 0.1) is 30.3 Å². The standard InChI is InChI=1S/C28H32ClFN4O4/c1-36-26-14-24-21(28(33-16-32-24)34-19-4-7-23(30)22(29)12-19)13-27(26)38-20-5-2-18(3-6-20)31-15-25(35)17-8-10-37-11-9-17/h4,7,12-14,16-18,20,31H,2-3,5-6,8-11,15H2,1H3,(H,32,33,34). The quantitative estimate of drug-likeness (QED) is 0.368. The summed E-state index contributed by atoms with van der Waals surface area (Å²) in [6.45, 7) is 1.79. The van der Waals surface area contributed by atoms with E-state index in [-0.39, 0.29) is 17.0 Å². The van der Waals surface area contributed by atoms with Gasteiger partial charge in [-0.15, -0.1) is 0 Å². The number of nitrogens with zero attached hydrogens (tertiary/aromatic N) is 2. The third-order valence-electron chi connectivity index (χ3n) is 7.31. The number of methoxy groups -OCH3 is 1. The molecule has 0 atom stereocenters. The van der Waals surface area contributed by atoms with Gasteiger partial charge in [-0.1, -0.05) is 11.6 Å². The predicted octanol–water partition coefficient (Wildman–Crippen LogP) is 5.45. The number of ketones is 1. The topological polar surface area (TPSA) is 94.6 Å². The van der Waals surface area contributed by atoms with Gasteiger partial charge < -0.3 is 24.8 Å². The molecule has 2 fully saturated rings. The lowest BCUT2D eigenvalue weighted by atomic mass is 9.91. The number of hydrogen-bond acceptors (Lipinski definition) is 8. The van der Waals surface area contributed by atoms with Gasteiger partial charge in [0.25, 0.3) is 0 Å². The largest absolute Gasteiger partial charge is 0.493 e. The number of nitrogens with one attached hydrogen (secondary N) is 2. The Morgan fingerprint density at radius 2 is 1.87 bits per heavy atom. The number of benzene rings is 2. The van der Waals surface area contributed by atoms with Crippen LogP contribution in [0.2, 0.25) is 5.02 Å². The molecule has 0 unspecified atom stereocenters. The molecule has 1 aromatic heterocycles. The summed E-state index contributed by atoms with van der Waals surface area (Å²) in [5.41, 5.74) is 1.29. The lowest BCUT2D eigenvalue weighted by molar-refractivity contribution is -0.125. The van der Waals surface area contributed by atoms with E-state index < -0.39 is 5.82 Å². The third-order valence-corrected chi connectivity index (χ3v) is 7.60. The Morgan fingerprint density at radius 1 is 1.08 bits per heavy atom. The van der Waals surface area contributed by atoms with Crippen molar-refractivity contribution in [1.82, 2.24) is 15.3 Å². The molecule has 1 saturated carbocycles. The van der Waals surface area contributed by atoms with Gasteiger partial charge in [0, 0.05) is 42.3 Å². The Bertz CT molecular complexity index is 1280. The van der Waals surface area contributed by atoms with E-state index in [0.717, 1.165) is 43.9 Å². The maximum atomic E-state index is 13.6. The van der Waals surface area contributed by atoms with Crippen LogP contribution in [-0.2, 0) is 9.53 Å². The van der Waals surface area contributed by atoms with Crippen molar-refractivity contribution in [3.63, 3.8) is 0 Å². The molecule has 2 N–H and O–H groups in total. The van der Waals surface area contributed by atoms with Crippen molar-refractivity contribution in [1.29, 1.82) is 0 Å². The molecule has 1 aliphatic heterocycles. The van der Waals surface area contributed by atoms with Crippen LogP contribution in [-0.4, -0.2) is 54.8 Å². The number of halogens is 2. The lowest BCUT2D eigenvalue weighted by Crippen LogP contribution is -2.40. The van der Waals surface area contributed by atoms with Crippen LogP contribution in [0.15, 0.2) is 36.7 Å².